The predicted octanol–water partition coefficient (Wildman–Crippen LogP) is -1.43. The van der Waals surface area contributed by atoms with Gasteiger partial charge in [0, 0.05) is 19.6 Å². The Morgan fingerprint density at radius 2 is 2.08 bits per heavy atom. The zero-order chi connectivity index (χ0) is 9.73. The number of rotatable bonds is 3. The van der Waals surface area contributed by atoms with Crippen molar-refractivity contribution in [2.75, 3.05) is 38.5 Å². The minimum absolute atomic E-state index is 0.0625. The summed E-state index contributed by atoms with van der Waals surface area (Å²) in [4.78, 5) is 2.13. The van der Waals surface area contributed by atoms with Gasteiger partial charge in [-0.2, -0.15) is 0 Å². The summed E-state index contributed by atoms with van der Waals surface area (Å²) >= 11 is 0. The van der Waals surface area contributed by atoms with Gasteiger partial charge in [0.2, 0.25) is 10.0 Å². The van der Waals surface area contributed by atoms with E-state index in [-0.39, 0.29) is 5.75 Å². The molecule has 1 aliphatic heterocycles. The van der Waals surface area contributed by atoms with Crippen LogP contribution in [0.1, 0.15) is 6.42 Å². The summed E-state index contributed by atoms with van der Waals surface area (Å²) in [5.74, 6) is 0.0625. The lowest BCUT2D eigenvalue weighted by molar-refractivity contribution is 0.309. The first-order valence-electron chi connectivity index (χ1n) is 4.51. The lowest BCUT2D eigenvalue weighted by Gasteiger charge is -2.18. The number of sulfonamides is 1. The van der Waals surface area contributed by atoms with Gasteiger partial charge < -0.3 is 10.2 Å². The molecule has 0 aliphatic carbocycles. The van der Waals surface area contributed by atoms with Crippen molar-refractivity contribution in [1.82, 2.24) is 10.2 Å². The van der Waals surface area contributed by atoms with Gasteiger partial charge in [-0.1, -0.05) is 0 Å². The van der Waals surface area contributed by atoms with Crippen LogP contribution in [0.3, 0.4) is 0 Å². The average Bonchev–Trinajstić information content (AvgIpc) is 2.26. The van der Waals surface area contributed by atoms with Gasteiger partial charge in [0.15, 0.2) is 0 Å². The van der Waals surface area contributed by atoms with E-state index >= 15 is 0 Å². The van der Waals surface area contributed by atoms with E-state index in [0.717, 1.165) is 32.6 Å². The molecule has 1 aliphatic rings. The quantitative estimate of drug-likeness (QED) is 0.595. The molecule has 0 atom stereocenters. The molecule has 0 aromatic heterocycles. The van der Waals surface area contributed by atoms with Gasteiger partial charge in [-0.05, 0) is 19.5 Å². The topological polar surface area (TPSA) is 75.4 Å². The summed E-state index contributed by atoms with van der Waals surface area (Å²) in [7, 11) is -3.30. The van der Waals surface area contributed by atoms with Crippen molar-refractivity contribution in [2.24, 2.45) is 5.14 Å². The van der Waals surface area contributed by atoms with Crippen LogP contribution in [-0.2, 0) is 10.0 Å². The van der Waals surface area contributed by atoms with Gasteiger partial charge in [-0.3, -0.25) is 0 Å². The highest BCUT2D eigenvalue weighted by Gasteiger charge is 2.10. The van der Waals surface area contributed by atoms with Crippen molar-refractivity contribution < 1.29 is 8.42 Å². The van der Waals surface area contributed by atoms with Crippen LogP contribution in [0.4, 0.5) is 0 Å². The van der Waals surface area contributed by atoms with Gasteiger partial charge in [-0.15, -0.1) is 0 Å². The number of hydrogen-bond acceptors (Lipinski definition) is 4. The first-order valence-corrected chi connectivity index (χ1v) is 6.23. The standard InChI is InChI=1S/C7H17N3O2S/c8-13(11,12)7-6-10-4-1-2-9-3-5-10/h9H,1-7H2,(H2,8,11,12). The molecule has 78 valence electrons. The maximum atomic E-state index is 10.7. The maximum Gasteiger partial charge on any atom is 0.210 e. The Kier molecular flexibility index (Phi) is 4.11. The van der Waals surface area contributed by atoms with Crippen LogP contribution in [0.25, 0.3) is 0 Å². The predicted molar refractivity (Wildman–Crippen MR) is 51.9 cm³/mol. The number of hydrogen-bond donors (Lipinski definition) is 2. The van der Waals surface area contributed by atoms with Crippen molar-refractivity contribution in [2.45, 2.75) is 6.42 Å². The van der Waals surface area contributed by atoms with Crippen molar-refractivity contribution in [3.05, 3.63) is 0 Å². The summed E-state index contributed by atoms with van der Waals surface area (Å²) < 4.78 is 21.4. The van der Waals surface area contributed by atoms with Crippen LogP contribution in [0.5, 0.6) is 0 Å². The highest BCUT2D eigenvalue weighted by atomic mass is 32.2. The fourth-order valence-electron chi connectivity index (χ4n) is 1.38. The third-order valence-corrected chi connectivity index (χ3v) is 2.88. The molecule has 1 rings (SSSR count). The van der Waals surface area contributed by atoms with Gasteiger partial charge >= 0.3 is 0 Å². The summed E-state index contributed by atoms with van der Waals surface area (Å²) in [6.45, 7) is 4.38. The van der Waals surface area contributed by atoms with Gasteiger partial charge in [0.05, 0.1) is 5.75 Å². The molecular formula is C7H17N3O2S. The lowest BCUT2D eigenvalue weighted by atomic mass is 10.4. The number of nitrogens with zero attached hydrogens (tertiary/aromatic N) is 1. The summed E-state index contributed by atoms with van der Waals surface area (Å²) in [5, 5.41) is 8.17. The Labute approximate surface area is 79.3 Å². The lowest BCUT2D eigenvalue weighted by Crippen LogP contribution is -2.34. The Bertz CT molecular complexity index is 232. The molecule has 0 unspecified atom stereocenters. The molecule has 0 radical (unpaired) electrons. The van der Waals surface area contributed by atoms with Crippen LogP contribution in [-0.4, -0.2) is 51.8 Å². The minimum atomic E-state index is -3.30. The van der Waals surface area contributed by atoms with E-state index in [1.54, 1.807) is 0 Å². The molecular weight excluding hydrogens is 190 g/mol. The zero-order valence-corrected chi connectivity index (χ0v) is 8.52. The van der Waals surface area contributed by atoms with Crippen molar-refractivity contribution in [3.8, 4) is 0 Å². The summed E-state index contributed by atoms with van der Waals surface area (Å²) in [6, 6.07) is 0. The van der Waals surface area contributed by atoms with E-state index in [0.29, 0.717) is 6.54 Å². The van der Waals surface area contributed by atoms with Crippen molar-refractivity contribution in [3.63, 3.8) is 0 Å². The SMILES string of the molecule is NS(=O)(=O)CCN1CCCNCC1. The van der Waals surface area contributed by atoms with E-state index < -0.39 is 10.0 Å². The van der Waals surface area contributed by atoms with Crippen LogP contribution in [0.2, 0.25) is 0 Å². The van der Waals surface area contributed by atoms with Crippen molar-refractivity contribution in [1.29, 1.82) is 0 Å². The summed E-state index contributed by atoms with van der Waals surface area (Å²) in [6.07, 6.45) is 1.07. The first kappa shape index (κ1) is 10.9. The van der Waals surface area contributed by atoms with E-state index in [1.165, 1.54) is 0 Å². The third kappa shape index (κ3) is 5.20. The molecule has 6 heteroatoms. The molecule has 0 amide bonds. The highest BCUT2D eigenvalue weighted by molar-refractivity contribution is 7.89. The first-order chi connectivity index (χ1) is 6.08. The van der Waals surface area contributed by atoms with Gasteiger partial charge in [0.25, 0.3) is 0 Å². The van der Waals surface area contributed by atoms with Crippen LogP contribution in [0, 0.1) is 0 Å². The Morgan fingerprint density at radius 3 is 2.77 bits per heavy atom. The molecule has 1 fully saturated rings. The Balaban J connectivity index is 2.27. The van der Waals surface area contributed by atoms with Crippen LogP contribution in [0.15, 0.2) is 0 Å². The van der Waals surface area contributed by atoms with Crippen molar-refractivity contribution >= 4 is 10.0 Å². The molecule has 0 saturated carbocycles. The Morgan fingerprint density at radius 1 is 1.31 bits per heavy atom. The fraction of sp³-hybridized carbons (Fsp3) is 1.00. The molecule has 0 bridgehead atoms. The molecule has 13 heavy (non-hydrogen) atoms. The smallest absolute Gasteiger partial charge is 0.210 e. The zero-order valence-electron chi connectivity index (χ0n) is 7.70. The second-order valence-corrected chi connectivity index (χ2v) is 5.05. The largest absolute Gasteiger partial charge is 0.315 e. The van der Waals surface area contributed by atoms with E-state index in [4.69, 9.17) is 5.14 Å². The fourth-order valence-corrected chi connectivity index (χ4v) is 1.89. The molecule has 3 N–H and O–H groups in total. The van der Waals surface area contributed by atoms with Crippen LogP contribution >= 0.6 is 0 Å². The molecule has 1 saturated heterocycles. The summed E-state index contributed by atoms with van der Waals surface area (Å²) in [5.41, 5.74) is 0. The normalized spacial score (nSPS) is 21.3. The van der Waals surface area contributed by atoms with Gasteiger partial charge in [-0.25, -0.2) is 13.6 Å². The molecule has 0 aromatic carbocycles. The average molecular weight is 207 g/mol. The minimum Gasteiger partial charge on any atom is -0.315 e. The molecule has 5 nitrogen and oxygen atoms in total. The van der Waals surface area contributed by atoms with E-state index in [2.05, 4.69) is 10.2 Å². The molecule has 0 spiro atoms. The molecule has 1 heterocycles. The van der Waals surface area contributed by atoms with E-state index in [9.17, 15) is 8.42 Å². The molecule has 0 aromatic rings. The number of nitrogens with one attached hydrogen (secondary N) is 1. The maximum absolute atomic E-state index is 10.7. The highest BCUT2D eigenvalue weighted by Crippen LogP contribution is 1.95. The third-order valence-electron chi connectivity index (χ3n) is 2.12. The van der Waals surface area contributed by atoms with E-state index in [1.807, 2.05) is 0 Å². The monoisotopic (exact) mass is 207 g/mol. The second-order valence-electron chi connectivity index (χ2n) is 3.31. The van der Waals surface area contributed by atoms with Gasteiger partial charge in [0.1, 0.15) is 0 Å². The number of primary sulfonamides is 1. The Hall–Kier alpha value is -0.170. The van der Waals surface area contributed by atoms with Crippen LogP contribution < -0.4 is 10.5 Å². The number of nitrogens with two attached hydrogens (primary N) is 1. The second kappa shape index (κ2) is 4.90.